The van der Waals surface area contributed by atoms with Crippen molar-refractivity contribution in [1.29, 1.82) is 0 Å². The van der Waals surface area contributed by atoms with Crippen LogP contribution in [0.25, 0.3) is 22.4 Å². The normalized spacial score (nSPS) is 17.4. The third-order valence-electron chi connectivity index (χ3n) is 9.01. The number of benzene rings is 1. The van der Waals surface area contributed by atoms with E-state index in [0.717, 1.165) is 47.2 Å². The minimum absolute atomic E-state index is 0.125. The summed E-state index contributed by atoms with van der Waals surface area (Å²) in [6.07, 6.45) is 8.34. The van der Waals surface area contributed by atoms with Crippen molar-refractivity contribution in [3.63, 3.8) is 0 Å². The van der Waals surface area contributed by atoms with Crippen LogP contribution in [0.2, 0.25) is 0 Å². The lowest BCUT2D eigenvalue weighted by atomic mass is 9.97. The van der Waals surface area contributed by atoms with Crippen molar-refractivity contribution < 1.29 is 24.2 Å². The number of hydrogen-bond donors (Lipinski definition) is 4. The number of aromatic amines is 2. The maximum absolute atomic E-state index is 13.6. The number of alkyl carbamates (subject to hydrolysis) is 1. The van der Waals surface area contributed by atoms with Crippen molar-refractivity contribution in [3.05, 3.63) is 78.0 Å². The summed E-state index contributed by atoms with van der Waals surface area (Å²) in [4.78, 5) is 60.2. The predicted molar refractivity (Wildman–Crippen MR) is 184 cm³/mol. The largest absolute Gasteiger partial charge is 0.465 e. The summed E-state index contributed by atoms with van der Waals surface area (Å²) < 4.78 is 4.75. The Morgan fingerprint density at radius 3 is 2.38 bits per heavy atom. The van der Waals surface area contributed by atoms with Gasteiger partial charge in [-0.3, -0.25) is 14.7 Å². The summed E-state index contributed by atoms with van der Waals surface area (Å²) >= 11 is 0. The van der Waals surface area contributed by atoms with E-state index in [2.05, 4.69) is 53.9 Å². The molecule has 3 aromatic heterocycles. The van der Waals surface area contributed by atoms with Gasteiger partial charge in [-0.05, 0) is 73.1 Å². The molecule has 2 fully saturated rings. The maximum atomic E-state index is 13.6. The molecule has 256 valence electrons. The predicted octanol–water partition coefficient (Wildman–Crippen LogP) is 5.12. The average molecular weight is 675 g/mol. The molecule has 13 heteroatoms. The Labute approximate surface area is 289 Å². The van der Waals surface area contributed by atoms with Crippen LogP contribution in [0.1, 0.15) is 74.5 Å². The fourth-order valence-corrected chi connectivity index (χ4v) is 6.47. The van der Waals surface area contributed by atoms with Crippen molar-refractivity contribution in [3.8, 4) is 46.1 Å². The summed E-state index contributed by atoms with van der Waals surface area (Å²) in [5.41, 5.74) is 4.74. The first-order chi connectivity index (χ1) is 24.2. The molecular formula is C37H38N8O5. The molecule has 1 aromatic carbocycles. The van der Waals surface area contributed by atoms with Crippen LogP contribution in [0, 0.1) is 29.6 Å². The minimum Gasteiger partial charge on any atom is -0.465 e. The highest BCUT2D eigenvalue weighted by atomic mass is 16.5. The number of nitrogens with one attached hydrogen (secondary N) is 3. The number of H-pyrrole nitrogens is 2. The van der Waals surface area contributed by atoms with Crippen LogP contribution in [0.4, 0.5) is 9.59 Å². The van der Waals surface area contributed by atoms with Gasteiger partial charge in [0.05, 0.1) is 37.3 Å². The zero-order chi connectivity index (χ0) is 35.2. The Bertz CT molecular complexity index is 2000. The van der Waals surface area contributed by atoms with Gasteiger partial charge in [0.2, 0.25) is 5.91 Å². The van der Waals surface area contributed by atoms with Crippen LogP contribution < -0.4 is 5.32 Å². The van der Waals surface area contributed by atoms with Gasteiger partial charge in [0.15, 0.2) is 0 Å². The zero-order valence-corrected chi connectivity index (χ0v) is 28.1. The number of likely N-dealkylation sites (tertiary alicyclic amines) is 2. The van der Waals surface area contributed by atoms with E-state index in [0.29, 0.717) is 36.9 Å². The quantitative estimate of drug-likeness (QED) is 0.196. The second-order valence-electron chi connectivity index (χ2n) is 12.5. The number of imidazole rings is 2. The molecule has 50 heavy (non-hydrogen) atoms. The SMILES string of the molecule is COC(=O)N[C@H](C(=O)N1CCC[C@H]1c1ncc(-c2ccc(C#CC#Cc3cnc([C@@H]4CCCN4C(=O)O)[nH]3)c(-c3cccnc3)c2)[nH]1)C(C)C. The van der Waals surface area contributed by atoms with Gasteiger partial charge in [0.1, 0.15) is 23.4 Å². The second-order valence-corrected chi connectivity index (χ2v) is 12.5. The summed E-state index contributed by atoms with van der Waals surface area (Å²) in [5.74, 6) is 12.9. The lowest BCUT2D eigenvalue weighted by Crippen LogP contribution is -2.51. The van der Waals surface area contributed by atoms with E-state index in [1.54, 1.807) is 29.7 Å². The zero-order valence-electron chi connectivity index (χ0n) is 28.1. The molecule has 0 spiro atoms. The van der Waals surface area contributed by atoms with Gasteiger partial charge in [-0.2, -0.15) is 0 Å². The molecule has 2 aliphatic heterocycles. The van der Waals surface area contributed by atoms with Gasteiger partial charge >= 0.3 is 12.2 Å². The highest BCUT2D eigenvalue weighted by Gasteiger charge is 2.37. The maximum Gasteiger partial charge on any atom is 0.407 e. The van der Waals surface area contributed by atoms with E-state index in [4.69, 9.17) is 4.74 Å². The Hall–Kier alpha value is -6.08. The number of aromatic nitrogens is 5. The number of rotatable bonds is 7. The molecule has 4 N–H and O–H groups in total. The molecule has 4 aromatic rings. The number of amides is 3. The van der Waals surface area contributed by atoms with Gasteiger partial charge < -0.3 is 30.0 Å². The Kier molecular flexibility index (Phi) is 10.1. The van der Waals surface area contributed by atoms with Crippen molar-refractivity contribution in [2.75, 3.05) is 20.2 Å². The minimum atomic E-state index is -0.954. The van der Waals surface area contributed by atoms with Gasteiger partial charge in [-0.1, -0.05) is 31.9 Å². The molecule has 3 atom stereocenters. The van der Waals surface area contributed by atoms with Gasteiger partial charge in [0, 0.05) is 42.2 Å². The number of carbonyl (C=O) groups excluding carboxylic acids is 2. The third kappa shape index (κ3) is 7.32. The van der Waals surface area contributed by atoms with Crippen LogP contribution in [-0.2, 0) is 9.53 Å². The van der Waals surface area contributed by atoms with Crippen LogP contribution in [0.3, 0.4) is 0 Å². The molecule has 0 radical (unpaired) electrons. The van der Waals surface area contributed by atoms with Crippen LogP contribution in [0.15, 0.2) is 55.1 Å². The number of pyridine rings is 1. The van der Waals surface area contributed by atoms with Crippen LogP contribution in [0.5, 0.6) is 0 Å². The molecule has 2 saturated heterocycles. The summed E-state index contributed by atoms with van der Waals surface area (Å²) in [6.45, 7) is 4.83. The lowest BCUT2D eigenvalue weighted by molar-refractivity contribution is -0.135. The van der Waals surface area contributed by atoms with E-state index in [9.17, 15) is 19.5 Å². The van der Waals surface area contributed by atoms with E-state index in [1.165, 1.54) is 12.0 Å². The van der Waals surface area contributed by atoms with Crippen molar-refractivity contribution >= 4 is 18.1 Å². The Balaban J connectivity index is 1.22. The molecule has 0 unspecified atom stereocenters. The molecule has 2 aliphatic rings. The first kappa shape index (κ1) is 33.8. The number of carbonyl (C=O) groups is 3. The number of carboxylic acid groups (broad SMARTS) is 1. The molecular weight excluding hydrogens is 636 g/mol. The van der Waals surface area contributed by atoms with Gasteiger partial charge in [0.25, 0.3) is 0 Å². The summed E-state index contributed by atoms with van der Waals surface area (Å²) in [6, 6.07) is 8.48. The fraction of sp³-hybridized carbons (Fsp3) is 0.351. The average Bonchev–Trinajstić information content (AvgIpc) is 3.95. The molecule has 0 aliphatic carbocycles. The number of nitrogens with zero attached hydrogens (tertiary/aromatic N) is 5. The first-order valence-corrected chi connectivity index (χ1v) is 16.5. The van der Waals surface area contributed by atoms with Crippen molar-refractivity contribution in [2.24, 2.45) is 5.92 Å². The van der Waals surface area contributed by atoms with E-state index in [-0.39, 0.29) is 23.9 Å². The van der Waals surface area contributed by atoms with E-state index < -0.39 is 18.2 Å². The molecule has 3 amide bonds. The molecule has 6 rings (SSSR count). The second kappa shape index (κ2) is 15.0. The van der Waals surface area contributed by atoms with Crippen LogP contribution in [-0.4, -0.2) is 84.2 Å². The Morgan fingerprint density at radius 2 is 1.66 bits per heavy atom. The third-order valence-corrected chi connectivity index (χ3v) is 9.01. The lowest BCUT2D eigenvalue weighted by Gasteiger charge is -2.30. The van der Waals surface area contributed by atoms with E-state index >= 15 is 0 Å². The molecule has 0 saturated carbocycles. The number of hydrogen-bond acceptors (Lipinski definition) is 7. The van der Waals surface area contributed by atoms with Gasteiger partial charge in [-0.25, -0.2) is 19.6 Å². The molecule has 5 heterocycles. The first-order valence-electron chi connectivity index (χ1n) is 16.5. The monoisotopic (exact) mass is 674 g/mol. The smallest absolute Gasteiger partial charge is 0.407 e. The summed E-state index contributed by atoms with van der Waals surface area (Å²) in [7, 11) is 1.28. The van der Waals surface area contributed by atoms with Crippen molar-refractivity contribution in [2.45, 2.75) is 57.7 Å². The number of methoxy groups -OCH3 is 1. The molecule has 13 nitrogen and oxygen atoms in total. The Morgan fingerprint density at radius 1 is 0.940 bits per heavy atom. The highest BCUT2D eigenvalue weighted by molar-refractivity contribution is 5.86. The van der Waals surface area contributed by atoms with Crippen LogP contribution >= 0.6 is 0 Å². The van der Waals surface area contributed by atoms with Crippen molar-refractivity contribution in [1.82, 2.24) is 40.0 Å². The number of ether oxygens (including phenoxy) is 1. The van der Waals surface area contributed by atoms with E-state index in [1.807, 2.05) is 44.2 Å². The summed E-state index contributed by atoms with van der Waals surface area (Å²) in [5, 5.41) is 12.1. The standard InChI is InChI=1S/C37H38N8O5/c1-23(2)32(43-36(47)50-3)35(46)44-17-7-12-30(44)34-40-22-29(42-34)25-15-14-24(28(19-25)26-10-6-16-38-20-26)9-4-5-11-27-21-39-33(41-27)31-13-8-18-45(31)37(48)49/h6,10,14-16,19-23,30-32H,7-8,12-13,17-18H2,1-3H3,(H,39,41)(H,40,42)(H,43,47)(H,48,49)/t30-,31-,32-/m0/s1. The van der Waals surface area contributed by atoms with Gasteiger partial charge in [-0.15, -0.1) is 0 Å². The molecule has 0 bridgehead atoms. The highest BCUT2D eigenvalue weighted by Crippen LogP contribution is 2.34. The topological polar surface area (TPSA) is 169 Å². The fourth-order valence-electron chi connectivity index (χ4n) is 6.47.